The van der Waals surface area contributed by atoms with Gasteiger partial charge in [-0.2, -0.15) is 13.2 Å². The number of hydrogen-bond donors (Lipinski definition) is 2. The monoisotopic (exact) mass is 678 g/mol. The molecule has 260 valence electrons. The van der Waals surface area contributed by atoms with Gasteiger partial charge in [-0.05, 0) is 57.7 Å². The molecule has 2 N–H and O–H groups in total. The summed E-state index contributed by atoms with van der Waals surface area (Å²) in [6.07, 6.45) is 7.71. The molecular formula is C35H41F3N8O3. The second kappa shape index (κ2) is 13.3. The number of aliphatic carboxylic acids is 1. The Hall–Kier alpha value is -4.17. The quantitative estimate of drug-likeness (QED) is 0.195. The molecule has 0 aromatic carbocycles. The first-order chi connectivity index (χ1) is 23.6. The minimum Gasteiger partial charge on any atom is -0.481 e. The summed E-state index contributed by atoms with van der Waals surface area (Å²) in [5, 5.41) is 13.0. The molecule has 4 aromatic rings. The number of hydrogen-bond acceptors (Lipinski definition) is 9. The number of ether oxygens (including phenoxy) is 1. The second-order valence-electron chi connectivity index (χ2n) is 13.7. The number of nitrogens with zero attached hydrogens (tertiary/aromatic N) is 7. The third-order valence-electron chi connectivity index (χ3n) is 10.3. The predicted octanol–water partition coefficient (Wildman–Crippen LogP) is 5.98. The number of piperidine rings is 1. The van der Waals surface area contributed by atoms with Gasteiger partial charge in [-0.3, -0.25) is 19.3 Å². The number of pyridine rings is 2. The third kappa shape index (κ3) is 6.60. The zero-order chi connectivity index (χ0) is 34.3. The molecule has 0 spiro atoms. The van der Waals surface area contributed by atoms with E-state index in [1.54, 1.807) is 17.0 Å². The Balaban J connectivity index is 1.36. The lowest BCUT2D eigenvalue weighted by Gasteiger charge is -2.34. The average molecular weight is 679 g/mol. The van der Waals surface area contributed by atoms with Gasteiger partial charge in [-0.1, -0.05) is 12.8 Å². The van der Waals surface area contributed by atoms with Crippen LogP contribution in [0.5, 0.6) is 0 Å². The summed E-state index contributed by atoms with van der Waals surface area (Å²) in [6, 6.07) is 3.02. The Morgan fingerprint density at radius 3 is 2.59 bits per heavy atom. The largest absolute Gasteiger partial charge is 0.481 e. The number of carbonyl (C=O) groups is 1. The standard InChI is InChI=1S/C35H41F3N8O3/c1-3-49-20-34(10-4-5-11-34)19-45(2)28-9-13-40-31-30(28)46(22-14-25(35(36,37)38)29(43-15-22)21-6-7-21)32(44-31)27-18-41-26(17-42-27)24-16-39-12-8-23(24)33(47)48/h9,13-15,17-18,21,23-24,39H,3-8,10-12,16,19-20H2,1-2H3,(H,47,48). The minimum atomic E-state index is -4.60. The zero-order valence-corrected chi connectivity index (χ0v) is 27.7. The van der Waals surface area contributed by atoms with E-state index in [4.69, 9.17) is 9.72 Å². The van der Waals surface area contributed by atoms with Crippen LogP contribution < -0.4 is 10.2 Å². The van der Waals surface area contributed by atoms with Crippen molar-refractivity contribution in [2.75, 3.05) is 44.8 Å². The van der Waals surface area contributed by atoms with Crippen LogP contribution in [0.1, 0.15) is 80.7 Å². The Morgan fingerprint density at radius 1 is 1.12 bits per heavy atom. The summed E-state index contributed by atoms with van der Waals surface area (Å²) in [5.74, 6) is -1.80. The highest BCUT2D eigenvalue weighted by atomic mass is 19.4. The van der Waals surface area contributed by atoms with Gasteiger partial charge in [0.2, 0.25) is 0 Å². The zero-order valence-electron chi connectivity index (χ0n) is 27.7. The van der Waals surface area contributed by atoms with Crippen molar-refractivity contribution in [3.05, 3.63) is 53.9 Å². The number of carboxylic acid groups (broad SMARTS) is 1. The van der Waals surface area contributed by atoms with Crippen LogP contribution in [-0.4, -0.2) is 80.5 Å². The molecule has 5 heterocycles. The maximum Gasteiger partial charge on any atom is 0.418 e. The predicted molar refractivity (Wildman–Crippen MR) is 177 cm³/mol. The summed E-state index contributed by atoms with van der Waals surface area (Å²) in [6.45, 7) is 4.99. The number of carboxylic acids is 1. The normalized spacial score (nSPS) is 20.9. The highest BCUT2D eigenvalue weighted by Crippen LogP contribution is 2.46. The second-order valence-corrected chi connectivity index (χ2v) is 13.7. The van der Waals surface area contributed by atoms with Crippen molar-refractivity contribution in [1.29, 1.82) is 0 Å². The first kappa shape index (κ1) is 33.3. The smallest absolute Gasteiger partial charge is 0.418 e. The number of nitrogens with one attached hydrogen (secondary N) is 1. The fraction of sp³-hybridized carbons (Fsp3) is 0.543. The van der Waals surface area contributed by atoms with Crippen molar-refractivity contribution in [3.63, 3.8) is 0 Å². The molecular weight excluding hydrogens is 637 g/mol. The number of imidazole rings is 1. The first-order valence-electron chi connectivity index (χ1n) is 17.1. The van der Waals surface area contributed by atoms with Crippen molar-refractivity contribution < 1.29 is 27.8 Å². The van der Waals surface area contributed by atoms with Crippen molar-refractivity contribution >= 4 is 22.8 Å². The minimum absolute atomic E-state index is 0.0476. The van der Waals surface area contributed by atoms with Crippen molar-refractivity contribution in [3.8, 4) is 17.2 Å². The van der Waals surface area contributed by atoms with Crippen LogP contribution in [0.15, 0.2) is 36.9 Å². The number of alkyl halides is 3. The third-order valence-corrected chi connectivity index (χ3v) is 10.3. The summed E-state index contributed by atoms with van der Waals surface area (Å²) >= 11 is 0. The van der Waals surface area contributed by atoms with Crippen molar-refractivity contribution in [2.24, 2.45) is 11.3 Å². The van der Waals surface area contributed by atoms with Gasteiger partial charge in [0.1, 0.15) is 11.2 Å². The Kier molecular flexibility index (Phi) is 9.03. The topological polar surface area (TPSA) is 131 Å². The fourth-order valence-corrected chi connectivity index (χ4v) is 7.70. The van der Waals surface area contributed by atoms with Gasteiger partial charge in [0.15, 0.2) is 11.5 Å². The molecule has 1 aliphatic heterocycles. The SMILES string of the molecule is CCOCC1(CN(C)c2ccnc3nc(-c4cnc(C5CNCCC5C(=O)O)cn4)n(-c4cnc(C5CC5)c(C(F)(F)F)c4)c23)CCCC1. The van der Waals surface area contributed by atoms with Crippen molar-refractivity contribution in [2.45, 2.75) is 69.9 Å². The highest BCUT2D eigenvalue weighted by molar-refractivity contribution is 5.91. The summed E-state index contributed by atoms with van der Waals surface area (Å²) in [5.41, 5.74) is 1.92. The molecule has 49 heavy (non-hydrogen) atoms. The summed E-state index contributed by atoms with van der Waals surface area (Å²) in [7, 11) is 1.99. The van der Waals surface area contributed by atoms with Crippen LogP contribution in [-0.2, 0) is 15.7 Å². The van der Waals surface area contributed by atoms with Gasteiger partial charge in [-0.25, -0.2) is 15.0 Å². The molecule has 1 saturated heterocycles. The molecule has 3 fully saturated rings. The lowest BCUT2D eigenvalue weighted by Crippen LogP contribution is -2.39. The highest BCUT2D eigenvalue weighted by Gasteiger charge is 2.41. The first-order valence-corrected chi connectivity index (χ1v) is 17.1. The van der Waals surface area contributed by atoms with Gasteiger partial charge >= 0.3 is 12.1 Å². The Labute approximate surface area is 282 Å². The van der Waals surface area contributed by atoms with Crippen molar-refractivity contribution in [1.82, 2.24) is 34.8 Å². The van der Waals surface area contributed by atoms with Gasteiger partial charge in [-0.15, -0.1) is 0 Å². The molecule has 7 rings (SSSR count). The van der Waals surface area contributed by atoms with Crippen LogP contribution in [0.4, 0.5) is 18.9 Å². The van der Waals surface area contributed by atoms with Gasteiger partial charge in [0.05, 0.1) is 53.2 Å². The number of fused-ring (bicyclic) bond motifs is 1. The molecule has 4 aromatic heterocycles. The van der Waals surface area contributed by atoms with E-state index < -0.39 is 23.6 Å². The molecule has 0 radical (unpaired) electrons. The van der Waals surface area contributed by atoms with Crippen LogP contribution in [0.2, 0.25) is 0 Å². The van der Waals surface area contributed by atoms with E-state index in [-0.39, 0.29) is 34.5 Å². The molecule has 2 saturated carbocycles. The lowest BCUT2D eigenvalue weighted by atomic mass is 9.84. The number of anilines is 1. The molecule has 14 heteroatoms. The molecule has 11 nitrogen and oxygen atoms in total. The molecule has 2 unspecified atom stereocenters. The molecule has 2 aliphatic carbocycles. The van der Waals surface area contributed by atoms with Crippen LogP contribution in [0.3, 0.4) is 0 Å². The molecule has 0 amide bonds. The van der Waals surface area contributed by atoms with Gasteiger partial charge in [0, 0.05) is 56.4 Å². The fourth-order valence-electron chi connectivity index (χ4n) is 7.70. The van der Waals surface area contributed by atoms with E-state index >= 15 is 0 Å². The van der Waals surface area contributed by atoms with Gasteiger partial charge < -0.3 is 20.1 Å². The number of rotatable bonds is 11. The summed E-state index contributed by atoms with van der Waals surface area (Å²) < 4.78 is 51.1. The molecule has 3 aliphatic rings. The van der Waals surface area contributed by atoms with E-state index in [0.29, 0.717) is 74.7 Å². The Morgan fingerprint density at radius 2 is 1.92 bits per heavy atom. The van der Waals surface area contributed by atoms with Crippen LogP contribution in [0.25, 0.3) is 28.4 Å². The lowest BCUT2D eigenvalue weighted by molar-refractivity contribution is -0.143. The van der Waals surface area contributed by atoms with E-state index in [1.807, 2.05) is 20.0 Å². The molecule has 0 bridgehead atoms. The maximum atomic E-state index is 14.5. The Bertz CT molecular complexity index is 1820. The average Bonchev–Trinajstić information content (AvgIpc) is 3.72. The van der Waals surface area contributed by atoms with Crippen LogP contribution >= 0.6 is 0 Å². The van der Waals surface area contributed by atoms with E-state index in [9.17, 15) is 23.1 Å². The maximum absolute atomic E-state index is 14.5. The van der Waals surface area contributed by atoms with E-state index in [0.717, 1.165) is 37.4 Å². The number of halogens is 3. The summed E-state index contributed by atoms with van der Waals surface area (Å²) in [4.78, 5) is 37.2. The van der Waals surface area contributed by atoms with Crippen LogP contribution in [0, 0.1) is 11.3 Å². The molecule has 2 atom stereocenters. The van der Waals surface area contributed by atoms with E-state index in [2.05, 4.69) is 30.2 Å². The van der Waals surface area contributed by atoms with E-state index in [1.165, 1.54) is 12.4 Å². The van der Waals surface area contributed by atoms with Gasteiger partial charge in [0.25, 0.3) is 0 Å². The number of aromatic nitrogens is 6.